The molecule has 1 N–H and O–H groups in total. The molecule has 28 heavy (non-hydrogen) atoms. The van der Waals surface area contributed by atoms with Crippen molar-refractivity contribution in [2.45, 2.75) is 19.8 Å². The van der Waals surface area contributed by atoms with Crippen LogP contribution in [0.4, 0.5) is 5.69 Å². The summed E-state index contributed by atoms with van der Waals surface area (Å²) in [5, 5.41) is 1.10. The second-order valence-electron chi connectivity index (χ2n) is 7.21. The van der Waals surface area contributed by atoms with E-state index < -0.39 is 0 Å². The molecule has 0 aliphatic carbocycles. The Morgan fingerprint density at radius 1 is 1.00 bits per heavy atom. The molecule has 0 saturated carbocycles. The molecule has 5 heteroatoms. The van der Waals surface area contributed by atoms with E-state index in [0.717, 1.165) is 57.5 Å². The maximum atomic E-state index is 12.0. The number of H-pyrrole nitrogens is 1. The topological polar surface area (TPSA) is 61.9 Å². The molecule has 1 amide bonds. The van der Waals surface area contributed by atoms with Gasteiger partial charge in [0.05, 0.1) is 0 Å². The maximum absolute atomic E-state index is 12.0. The van der Waals surface area contributed by atoms with E-state index >= 15 is 0 Å². The number of hydrogen-bond donors (Lipinski definition) is 1. The number of carbonyl (C=O) groups excluding carboxylic acids is 1. The predicted octanol–water partition coefficient (Wildman–Crippen LogP) is 4.73. The molecular weight excluding hydrogens is 348 g/mol. The number of aryl methyl sites for hydroxylation is 1. The quantitative estimate of drug-likeness (QED) is 0.569. The molecule has 0 bridgehead atoms. The van der Waals surface area contributed by atoms with Crippen LogP contribution in [-0.4, -0.2) is 27.4 Å². The fourth-order valence-corrected chi connectivity index (χ4v) is 3.98. The van der Waals surface area contributed by atoms with Gasteiger partial charge >= 0.3 is 0 Å². The highest BCUT2D eigenvalue weighted by Crippen LogP contribution is 2.33. The smallest absolute Gasteiger partial charge is 0.227 e. The average molecular weight is 368 g/mol. The van der Waals surface area contributed by atoms with E-state index in [1.165, 1.54) is 0 Å². The maximum Gasteiger partial charge on any atom is 0.227 e. The lowest BCUT2D eigenvalue weighted by atomic mass is 9.98. The summed E-state index contributed by atoms with van der Waals surface area (Å²) in [6.07, 6.45) is 9.16. The number of amides is 1. The van der Waals surface area contributed by atoms with Crippen LogP contribution in [0, 0.1) is 6.92 Å². The van der Waals surface area contributed by atoms with Crippen LogP contribution in [0.15, 0.2) is 61.2 Å². The fraction of sp³-hybridized carbons (Fsp3) is 0.174. The number of hydrogen-bond acceptors (Lipinski definition) is 3. The van der Waals surface area contributed by atoms with Crippen molar-refractivity contribution in [3.63, 3.8) is 0 Å². The van der Waals surface area contributed by atoms with Crippen LogP contribution in [0.2, 0.25) is 0 Å². The van der Waals surface area contributed by atoms with Gasteiger partial charge in [0.25, 0.3) is 0 Å². The number of anilines is 1. The van der Waals surface area contributed by atoms with Crippen LogP contribution in [-0.2, 0) is 4.79 Å². The minimum atomic E-state index is 0.208. The van der Waals surface area contributed by atoms with Gasteiger partial charge in [0.1, 0.15) is 5.65 Å². The summed E-state index contributed by atoms with van der Waals surface area (Å²) < 4.78 is 0. The molecular formula is C23H20N4O. The van der Waals surface area contributed by atoms with Crippen molar-refractivity contribution in [2.75, 3.05) is 11.4 Å². The molecule has 0 unspecified atom stereocenters. The van der Waals surface area contributed by atoms with Crippen LogP contribution < -0.4 is 4.90 Å². The van der Waals surface area contributed by atoms with Crippen molar-refractivity contribution in [3.05, 3.63) is 66.7 Å². The number of aromatic amines is 1. The Morgan fingerprint density at radius 3 is 2.61 bits per heavy atom. The summed E-state index contributed by atoms with van der Waals surface area (Å²) in [5.74, 6) is 0.208. The lowest BCUT2D eigenvalue weighted by Crippen LogP contribution is -2.23. The number of nitrogens with zero attached hydrogens (tertiary/aromatic N) is 3. The summed E-state index contributed by atoms with van der Waals surface area (Å²) in [6, 6.07) is 12.4. The number of rotatable bonds is 3. The molecule has 0 atom stereocenters. The minimum absolute atomic E-state index is 0.208. The van der Waals surface area contributed by atoms with E-state index in [-0.39, 0.29) is 5.91 Å². The van der Waals surface area contributed by atoms with Gasteiger partial charge in [-0.25, -0.2) is 4.98 Å². The second kappa shape index (κ2) is 6.60. The summed E-state index contributed by atoms with van der Waals surface area (Å²) in [6.45, 7) is 2.88. The van der Waals surface area contributed by atoms with Gasteiger partial charge in [-0.15, -0.1) is 0 Å². The number of nitrogens with one attached hydrogen (secondary N) is 1. The highest BCUT2D eigenvalue weighted by Gasteiger charge is 2.21. The Morgan fingerprint density at radius 2 is 1.82 bits per heavy atom. The van der Waals surface area contributed by atoms with Gasteiger partial charge in [-0.1, -0.05) is 12.1 Å². The zero-order valence-electron chi connectivity index (χ0n) is 15.6. The average Bonchev–Trinajstić information content (AvgIpc) is 3.37. The highest BCUT2D eigenvalue weighted by atomic mass is 16.2. The molecule has 5 nitrogen and oxygen atoms in total. The lowest BCUT2D eigenvalue weighted by Gasteiger charge is -2.16. The normalized spacial score (nSPS) is 14.2. The molecule has 0 radical (unpaired) electrons. The predicted molar refractivity (Wildman–Crippen MR) is 111 cm³/mol. The molecule has 4 aromatic rings. The van der Waals surface area contributed by atoms with E-state index in [2.05, 4.69) is 46.1 Å². The second-order valence-corrected chi connectivity index (χ2v) is 7.21. The van der Waals surface area contributed by atoms with E-state index in [1.807, 2.05) is 41.8 Å². The van der Waals surface area contributed by atoms with Gasteiger partial charge in [-0.05, 0) is 54.3 Å². The van der Waals surface area contributed by atoms with Crippen LogP contribution in [0.25, 0.3) is 33.3 Å². The molecule has 1 aliphatic heterocycles. The van der Waals surface area contributed by atoms with Crippen molar-refractivity contribution < 1.29 is 4.79 Å². The van der Waals surface area contributed by atoms with Gasteiger partial charge in [-0.2, -0.15) is 0 Å². The summed E-state index contributed by atoms with van der Waals surface area (Å²) in [7, 11) is 0. The molecule has 1 saturated heterocycles. The first-order chi connectivity index (χ1) is 13.7. The SMILES string of the molecule is Cc1cnc2[nH]ccc2c1-c1cncc(-c2ccc(N3CCCC3=O)cc2)c1. The van der Waals surface area contributed by atoms with Gasteiger partial charge in [0, 0.05) is 60.0 Å². The monoisotopic (exact) mass is 368 g/mol. The Kier molecular flexibility index (Phi) is 3.93. The zero-order valence-corrected chi connectivity index (χ0v) is 15.6. The number of benzene rings is 1. The summed E-state index contributed by atoms with van der Waals surface area (Å²) in [5.41, 5.74) is 7.33. The zero-order chi connectivity index (χ0) is 19.1. The third-order valence-electron chi connectivity index (χ3n) is 5.39. The molecule has 1 aliphatic rings. The van der Waals surface area contributed by atoms with Gasteiger partial charge in [0.2, 0.25) is 5.91 Å². The number of carbonyl (C=O) groups is 1. The molecule has 1 fully saturated rings. The van der Waals surface area contributed by atoms with Crippen molar-refractivity contribution >= 4 is 22.6 Å². The van der Waals surface area contributed by atoms with Crippen molar-refractivity contribution in [1.82, 2.24) is 15.0 Å². The van der Waals surface area contributed by atoms with E-state index in [4.69, 9.17) is 0 Å². The summed E-state index contributed by atoms with van der Waals surface area (Å²) in [4.78, 5) is 25.9. The third-order valence-corrected chi connectivity index (χ3v) is 5.39. The molecule has 4 heterocycles. The largest absolute Gasteiger partial charge is 0.346 e. The summed E-state index contributed by atoms with van der Waals surface area (Å²) >= 11 is 0. The first-order valence-corrected chi connectivity index (χ1v) is 9.49. The first kappa shape index (κ1) is 16.7. The Bertz CT molecular complexity index is 1180. The fourth-order valence-electron chi connectivity index (χ4n) is 3.98. The molecule has 5 rings (SSSR count). The molecule has 3 aromatic heterocycles. The first-order valence-electron chi connectivity index (χ1n) is 9.49. The number of fused-ring (bicyclic) bond motifs is 1. The highest BCUT2D eigenvalue weighted by molar-refractivity contribution is 5.96. The van der Waals surface area contributed by atoms with Crippen LogP contribution >= 0.6 is 0 Å². The van der Waals surface area contributed by atoms with E-state index in [9.17, 15) is 4.79 Å². The number of pyridine rings is 2. The van der Waals surface area contributed by atoms with Crippen molar-refractivity contribution in [1.29, 1.82) is 0 Å². The van der Waals surface area contributed by atoms with Crippen molar-refractivity contribution in [3.8, 4) is 22.3 Å². The van der Waals surface area contributed by atoms with E-state index in [0.29, 0.717) is 6.42 Å². The lowest BCUT2D eigenvalue weighted by molar-refractivity contribution is -0.117. The van der Waals surface area contributed by atoms with Crippen LogP contribution in [0.5, 0.6) is 0 Å². The van der Waals surface area contributed by atoms with Gasteiger partial charge < -0.3 is 9.88 Å². The van der Waals surface area contributed by atoms with Crippen molar-refractivity contribution in [2.24, 2.45) is 0 Å². The molecule has 0 spiro atoms. The van der Waals surface area contributed by atoms with E-state index in [1.54, 1.807) is 0 Å². The van der Waals surface area contributed by atoms with Crippen LogP contribution in [0.3, 0.4) is 0 Å². The Balaban J connectivity index is 1.53. The van der Waals surface area contributed by atoms with Gasteiger partial charge in [-0.3, -0.25) is 9.78 Å². The van der Waals surface area contributed by atoms with Gasteiger partial charge in [0.15, 0.2) is 0 Å². The third kappa shape index (κ3) is 2.76. The Labute approximate surface area is 163 Å². The molecule has 138 valence electrons. The van der Waals surface area contributed by atoms with Crippen LogP contribution in [0.1, 0.15) is 18.4 Å². The standard InChI is InChI=1S/C23H20N4O/c1-15-12-26-23-20(8-9-25-23)22(15)18-11-17(13-24-14-18)16-4-6-19(7-5-16)27-10-2-3-21(27)28/h4-9,11-14H,2-3,10H2,1H3,(H,25,26). The minimum Gasteiger partial charge on any atom is -0.346 e. The molecule has 1 aromatic carbocycles. The number of aromatic nitrogens is 3. The Hall–Kier alpha value is -3.47.